The minimum atomic E-state index is -0.292. The van der Waals surface area contributed by atoms with Gasteiger partial charge in [0.25, 0.3) is 0 Å². The molecule has 1 atom stereocenters. The van der Waals surface area contributed by atoms with Crippen molar-refractivity contribution in [1.29, 1.82) is 0 Å². The van der Waals surface area contributed by atoms with Crippen LogP contribution in [0, 0.1) is 0 Å². The molecule has 0 spiro atoms. The maximum Gasteiger partial charge on any atom is 0.241 e. The molecule has 0 saturated heterocycles. The first kappa shape index (κ1) is 22.0. The zero-order valence-electron chi connectivity index (χ0n) is 15.7. The van der Waals surface area contributed by atoms with Crippen LogP contribution in [0.25, 0.3) is 0 Å². The number of halogens is 1. The predicted octanol–water partition coefficient (Wildman–Crippen LogP) is 4.56. The molecule has 3 aromatic rings. The number of benzene rings is 2. The second-order valence-corrected chi connectivity index (χ2v) is 7.18. The zero-order valence-corrected chi connectivity index (χ0v) is 17.3. The number of likely N-dealkylation sites (N-methyl/N-ethyl adjacent to an activating group) is 1. The summed E-state index contributed by atoms with van der Waals surface area (Å²) in [7, 11) is 1.80. The van der Waals surface area contributed by atoms with Crippen molar-refractivity contribution in [3.8, 4) is 0 Å². The molecule has 0 fully saturated rings. The van der Waals surface area contributed by atoms with E-state index >= 15 is 0 Å². The molecule has 2 aromatic carbocycles. The molecule has 0 aliphatic rings. The van der Waals surface area contributed by atoms with E-state index < -0.39 is 0 Å². The van der Waals surface area contributed by atoms with Crippen LogP contribution in [-0.4, -0.2) is 24.0 Å². The van der Waals surface area contributed by atoms with Gasteiger partial charge in [-0.2, -0.15) is 0 Å². The van der Waals surface area contributed by atoms with E-state index in [0.717, 1.165) is 16.3 Å². The SMILES string of the molecule is CNC(Cc1ccccc1)C(=O)Nc1ccc(SCc2ccccc2)nc1.Cl. The molecule has 28 heavy (non-hydrogen) atoms. The van der Waals surface area contributed by atoms with Gasteiger partial charge in [-0.15, -0.1) is 24.2 Å². The standard InChI is InChI=1S/C22H23N3OS.ClH/c1-23-20(14-17-8-4-2-5-9-17)22(26)25-19-12-13-21(24-15-19)27-16-18-10-6-3-7-11-18;/h2-13,15,20,23H,14,16H2,1H3,(H,25,26);1H. The molecule has 0 aliphatic heterocycles. The zero-order chi connectivity index (χ0) is 18.9. The van der Waals surface area contributed by atoms with Crippen molar-refractivity contribution in [2.24, 2.45) is 0 Å². The van der Waals surface area contributed by atoms with Crippen LogP contribution in [0.4, 0.5) is 5.69 Å². The molecular weight excluding hydrogens is 390 g/mol. The third kappa shape index (κ3) is 6.68. The van der Waals surface area contributed by atoms with E-state index in [0.29, 0.717) is 12.1 Å². The molecule has 0 aliphatic carbocycles. The number of pyridine rings is 1. The fourth-order valence-electron chi connectivity index (χ4n) is 2.68. The summed E-state index contributed by atoms with van der Waals surface area (Å²) < 4.78 is 0. The van der Waals surface area contributed by atoms with E-state index in [9.17, 15) is 4.79 Å². The summed E-state index contributed by atoms with van der Waals surface area (Å²) in [6.07, 6.45) is 2.35. The third-order valence-corrected chi connectivity index (χ3v) is 5.20. The molecule has 0 radical (unpaired) electrons. The van der Waals surface area contributed by atoms with E-state index in [2.05, 4.69) is 27.8 Å². The number of rotatable bonds is 8. The molecule has 3 rings (SSSR count). The van der Waals surface area contributed by atoms with Gasteiger partial charge in [0.2, 0.25) is 5.91 Å². The molecule has 2 N–H and O–H groups in total. The largest absolute Gasteiger partial charge is 0.323 e. The summed E-state index contributed by atoms with van der Waals surface area (Å²) in [4.78, 5) is 17.0. The fourth-order valence-corrected chi connectivity index (χ4v) is 3.47. The summed E-state index contributed by atoms with van der Waals surface area (Å²) >= 11 is 1.68. The quantitative estimate of drug-likeness (QED) is 0.531. The fraction of sp³-hybridized carbons (Fsp3) is 0.182. The van der Waals surface area contributed by atoms with Crippen LogP contribution in [0.15, 0.2) is 84.0 Å². The smallest absolute Gasteiger partial charge is 0.241 e. The first-order valence-electron chi connectivity index (χ1n) is 8.89. The van der Waals surface area contributed by atoms with Crippen molar-refractivity contribution >= 4 is 35.8 Å². The summed E-state index contributed by atoms with van der Waals surface area (Å²) in [6.45, 7) is 0. The number of amides is 1. The predicted molar refractivity (Wildman–Crippen MR) is 119 cm³/mol. The van der Waals surface area contributed by atoms with Gasteiger partial charge in [-0.25, -0.2) is 4.98 Å². The van der Waals surface area contributed by atoms with Gasteiger partial charge in [0.1, 0.15) is 0 Å². The maximum absolute atomic E-state index is 12.5. The maximum atomic E-state index is 12.5. The summed E-state index contributed by atoms with van der Waals surface area (Å²) in [5.41, 5.74) is 3.09. The minimum absolute atomic E-state index is 0. The Bertz CT molecular complexity index is 845. The van der Waals surface area contributed by atoms with Gasteiger partial charge >= 0.3 is 0 Å². The number of anilines is 1. The molecule has 0 saturated carbocycles. The van der Waals surface area contributed by atoms with Crippen molar-refractivity contribution in [2.45, 2.75) is 23.2 Å². The van der Waals surface area contributed by atoms with Crippen molar-refractivity contribution in [1.82, 2.24) is 10.3 Å². The number of nitrogens with one attached hydrogen (secondary N) is 2. The highest BCUT2D eigenvalue weighted by molar-refractivity contribution is 7.98. The Hall–Kier alpha value is -2.34. The van der Waals surface area contributed by atoms with Gasteiger partial charge in [0.15, 0.2) is 0 Å². The summed E-state index contributed by atoms with van der Waals surface area (Å²) in [5, 5.41) is 6.96. The van der Waals surface area contributed by atoms with Crippen LogP contribution in [0.3, 0.4) is 0 Å². The molecular formula is C22H24ClN3OS. The first-order valence-corrected chi connectivity index (χ1v) is 9.88. The number of hydrogen-bond acceptors (Lipinski definition) is 4. The van der Waals surface area contributed by atoms with E-state index in [-0.39, 0.29) is 24.4 Å². The van der Waals surface area contributed by atoms with Gasteiger partial charge in [-0.1, -0.05) is 60.7 Å². The van der Waals surface area contributed by atoms with Crippen LogP contribution in [0.1, 0.15) is 11.1 Å². The van der Waals surface area contributed by atoms with Crippen molar-refractivity contribution in [3.05, 3.63) is 90.1 Å². The summed E-state index contributed by atoms with van der Waals surface area (Å²) in [5.74, 6) is 0.811. The third-order valence-electron chi connectivity index (χ3n) is 4.18. The highest BCUT2D eigenvalue weighted by Gasteiger charge is 2.17. The lowest BCUT2D eigenvalue weighted by atomic mass is 10.1. The normalized spacial score (nSPS) is 11.3. The van der Waals surface area contributed by atoms with Gasteiger partial charge < -0.3 is 10.6 Å². The van der Waals surface area contributed by atoms with E-state index in [1.54, 1.807) is 25.0 Å². The van der Waals surface area contributed by atoms with E-state index in [1.165, 1.54) is 5.56 Å². The lowest BCUT2D eigenvalue weighted by molar-refractivity contribution is -0.118. The number of thioether (sulfide) groups is 1. The van der Waals surface area contributed by atoms with Crippen molar-refractivity contribution in [2.75, 3.05) is 12.4 Å². The molecule has 1 unspecified atom stereocenters. The van der Waals surface area contributed by atoms with Crippen LogP contribution in [0.5, 0.6) is 0 Å². The average molecular weight is 414 g/mol. The Morgan fingerprint density at radius 1 is 0.964 bits per heavy atom. The molecule has 4 nitrogen and oxygen atoms in total. The minimum Gasteiger partial charge on any atom is -0.323 e. The van der Waals surface area contributed by atoms with Crippen LogP contribution in [-0.2, 0) is 17.0 Å². The van der Waals surface area contributed by atoms with Crippen LogP contribution in [0.2, 0.25) is 0 Å². The Labute approximate surface area is 176 Å². The Morgan fingerprint density at radius 3 is 2.18 bits per heavy atom. The molecule has 1 heterocycles. The summed E-state index contributed by atoms with van der Waals surface area (Å²) in [6, 6.07) is 23.8. The van der Waals surface area contributed by atoms with Crippen molar-refractivity contribution in [3.63, 3.8) is 0 Å². The molecule has 1 amide bonds. The van der Waals surface area contributed by atoms with Gasteiger partial charge in [0, 0.05) is 5.75 Å². The topological polar surface area (TPSA) is 54.0 Å². The molecule has 1 aromatic heterocycles. The number of aromatic nitrogens is 1. The van der Waals surface area contributed by atoms with Gasteiger partial charge in [-0.3, -0.25) is 4.79 Å². The monoisotopic (exact) mass is 413 g/mol. The molecule has 146 valence electrons. The van der Waals surface area contributed by atoms with Crippen LogP contribution >= 0.6 is 24.2 Å². The van der Waals surface area contributed by atoms with Gasteiger partial charge in [0.05, 0.1) is 23.0 Å². The van der Waals surface area contributed by atoms with Gasteiger partial charge in [-0.05, 0) is 36.7 Å². The van der Waals surface area contributed by atoms with E-state index in [1.807, 2.05) is 60.7 Å². The average Bonchev–Trinajstić information content (AvgIpc) is 2.73. The molecule has 6 heteroatoms. The first-order chi connectivity index (χ1) is 13.2. The second kappa shape index (κ2) is 11.5. The van der Waals surface area contributed by atoms with E-state index in [4.69, 9.17) is 0 Å². The Kier molecular flexibility index (Phi) is 9.01. The van der Waals surface area contributed by atoms with Crippen LogP contribution < -0.4 is 10.6 Å². The lowest BCUT2D eigenvalue weighted by Crippen LogP contribution is -2.40. The molecule has 0 bridgehead atoms. The highest BCUT2D eigenvalue weighted by Crippen LogP contribution is 2.21. The highest BCUT2D eigenvalue weighted by atomic mass is 35.5. The number of carbonyl (C=O) groups is 1. The number of nitrogens with zero attached hydrogens (tertiary/aromatic N) is 1. The Morgan fingerprint density at radius 2 is 1.61 bits per heavy atom. The van der Waals surface area contributed by atoms with Crippen molar-refractivity contribution < 1.29 is 4.79 Å². The number of hydrogen-bond donors (Lipinski definition) is 2. The number of carbonyl (C=O) groups excluding carboxylic acids is 1. The lowest BCUT2D eigenvalue weighted by Gasteiger charge is -2.16. The Balaban J connectivity index is 0.00000280. The second-order valence-electron chi connectivity index (χ2n) is 6.18.